The Labute approximate surface area is 203 Å². The van der Waals surface area contributed by atoms with Crippen LogP contribution in [0.3, 0.4) is 0 Å². The number of fused-ring (bicyclic) bond motifs is 2. The molecule has 3 rings (SSSR count). The van der Waals surface area contributed by atoms with Crippen LogP contribution in [0.25, 0.3) is 0 Å². The van der Waals surface area contributed by atoms with Crippen molar-refractivity contribution in [2.75, 3.05) is 13.2 Å². The van der Waals surface area contributed by atoms with Gasteiger partial charge in [0.05, 0.1) is 12.6 Å². The fraction of sp³-hybridized carbons (Fsp3) is 0.583. The maximum Gasteiger partial charge on any atom is 0.303 e. The number of benzene rings is 1. The third-order valence-electron chi connectivity index (χ3n) is 5.58. The van der Waals surface area contributed by atoms with Gasteiger partial charge in [0.2, 0.25) is 0 Å². The van der Waals surface area contributed by atoms with Crippen LogP contribution >= 0.6 is 0 Å². The van der Waals surface area contributed by atoms with E-state index < -0.39 is 54.3 Å². The van der Waals surface area contributed by atoms with Gasteiger partial charge in [-0.05, 0) is 12.0 Å². The smallest absolute Gasteiger partial charge is 0.303 e. The number of nitrogens with zero attached hydrogens (tertiary/aromatic N) is 1. The van der Waals surface area contributed by atoms with E-state index in [4.69, 9.17) is 28.5 Å². The van der Waals surface area contributed by atoms with E-state index >= 15 is 0 Å². The third kappa shape index (κ3) is 7.48. The zero-order chi connectivity index (χ0) is 25.5. The first-order valence-electron chi connectivity index (χ1n) is 11.4. The van der Waals surface area contributed by atoms with Crippen LogP contribution in [-0.4, -0.2) is 78.7 Å². The molecule has 1 aromatic rings. The first-order valence-corrected chi connectivity index (χ1v) is 11.4. The number of esters is 4. The zero-order valence-corrected chi connectivity index (χ0v) is 20.2. The van der Waals surface area contributed by atoms with Crippen LogP contribution in [-0.2, 0) is 54.2 Å². The maximum absolute atomic E-state index is 12.1. The lowest BCUT2D eigenvalue weighted by Crippen LogP contribution is -2.57. The average molecular weight is 494 g/mol. The van der Waals surface area contributed by atoms with Gasteiger partial charge in [0.25, 0.3) is 0 Å². The van der Waals surface area contributed by atoms with Crippen LogP contribution in [0.2, 0.25) is 0 Å². The van der Waals surface area contributed by atoms with Crippen molar-refractivity contribution < 1.29 is 47.7 Å². The second-order valence-electron chi connectivity index (χ2n) is 8.49. The summed E-state index contributed by atoms with van der Waals surface area (Å²) in [5.41, 5.74) is 0.988. The predicted octanol–water partition coefficient (Wildman–Crippen LogP) is 1.32. The number of carbonyl (C=O) groups is 4. The van der Waals surface area contributed by atoms with Crippen LogP contribution in [0.4, 0.5) is 0 Å². The van der Waals surface area contributed by atoms with E-state index in [1.54, 1.807) is 5.06 Å². The van der Waals surface area contributed by atoms with E-state index in [1.807, 2.05) is 30.3 Å². The molecule has 11 nitrogen and oxygen atoms in total. The Morgan fingerprint density at radius 1 is 0.971 bits per heavy atom. The highest BCUT2D eigenvalue weighted by Gasteiger charge is 2.52. The van der Waals surface area contributed by atoms with Gasteiger partial charge in [0, 0.05) is 34.2 Å². The lowest BCUT2D eigenvalue weighted by Gasteiger charge is -2.39. The summed E-state index contributed by atoms with van der Waals surface area (Å²) in [6.45, 7) is 5.00. The predicted molar refractivity (Wildman–Crippen MR) is 118 cm³/mol. The van der Waals surface area contributed by atoms with Gasteiger partial charge >= 0.3 is 23.9 Å². The van der Waals surface area contributed by atoms with Gasteiger partial charge in [-0.3, -0.25) is 24.0 Å². The zero-order valence-electron chi connectivity index (χ0n) is 20.2. The molecule has 1 aromatic carbocycles. The van der Waals surface area contributed by atoms with Crippen LogP contribution in [0, 0.1) is 0 Å². The van der Waals surface area contributed by atoms with E-state index in [1.165, 1.54) is 27.7 Å². The third-order valence-corrected chi connectivity index (χ3v) is 5.58. The molecule has 0 unspecified atom stereocenters. The molecule has 0 aromatic heterocycles. The topological polar surface area (TPSA) is 127 Å². The van der Waals surface area contributed by atoms with Crippen LogP contribution in [0.5, 0.6) is 0 Å². The molecule has 0 aliphatic carbocycles. The van der Waals surface area contributed by atoms with E-state index in [-0.39, 0.29) is 19.3 Å². The number of hydrogen-bond donors (Lipinski definition) is 0. The summed E-state index contributed by atoms with van der Waals surface area (Å²) < 4.78 is 27.7. The summed E-state index contributed by atoms with van der Waals surface area (Å²) in [4.78, 5) is 53.5. The summed E-state index contributed by atoms with van der Waals surface area (Å²) in [6.07, 6.45) is -4.22. The van der Waals surface area contributed by atoms with Gasteiger partial charge in [0.15, 0.2) is 12.2 Å². The molecule has 2 aliphatic rings. The Balaban J connectivity index is 1.95. The first-order chi connectivity index (χ1) is 16.6. The minimum absolute atomic E-state index is 0.113. The lowest BCUT2D eigenvalue weighted by molar-refractivity contribution is -0.250. The van der Waals surface area contributed by atoms with Crippen molar-refractivity contribution in [2.24, 2.45) is 0 Å². The van der Waals surface area contributed by atoms with Gasteiger partial charge < -0.3 is 23.7 Å². The summed E-state index contributed by atoms with van der Waals surface area (Å²) >= 11 is 0. The molecule has 0 spiro atoms. The Morgan fingerprint density at radius 3 is 2.26 bits per heavy atom. The molecule has 0 radical (unpaired) electrons. The monoisotopic (exact) mass is 493 g/mol. The number of carbonyl (C=O) groups excluding carboxylic acids is 4. The summed E-state index contributed by atoms with van der Waals surface area (Å²) in [5, 5.41) is 1.74. The molecule has 0 saturated carbocycles. The van der Waals surface area contributed by atoms with Crippen LogP contribution in [0.1, 0.15) is 39.7 Å². The molecule has 2 heterocycles. The summed E-state index contributed by atoms with van der Waals surface area (Å²) in [6, 6.07) is 9.19. The normalized spacial score (nSPS) is 25.6. The van der Waals surface area contributed by atoms with Crippen molar-refractivity contribution >= 4 is 23.9 Å². The number of ether oxygens (including phenoxy) is 5. The van der Waals surface area contributed by atoms with Crippen LogP contribution < -0.4 is 0 Å². The van der Waals surface area contributed by atoms with E-state index in [9.17, 15) is 19.2 Å². The van der Waals surface area contributed by atoms with Gasteiger partial charge in [-0.25, -0.2) is 0 Å². The quantitative estimate of drug-likeness (QED) is 0.365. The summed E-state index contributed by atoms with van der Waals surface area (Å²) in [7, 11) is 0. The fourth-order valence-electron chi connectivity index (χ4n) is 4.32. The molecule has 6 atom stereocenters. The maximum atomic E-state index is 12.1. The minimum atomic E-state index is -1.22. The van der Waals surface area contributed by atoms with Crippen molar-refractivity contribution in [3.8, 4) is 0 Å². The molecule has 2 bridgehead atoms. The minimum Gasteiger partial charge on any atom is -0.462 e. The fourth-order valence-corrected chi connectivity index (χ4v) is 4.32. The molecule has 2 saturated heterocycles. The highest BCUT2D eigenvalue weighted by atomic mass is 16.7. The van der Waals surface area contributed by atoms with Crippen molar-refractivity contribution in [3.63, 3.8) is 0 Å². The van der Waals surface area contributed by atoms with Gasteiger partial charge in [-0.15, -0.1) is 0 Å². The van der Waals surface area contributed by atoms with Crippen LogP contribution in [0.15, 0.2) is 30.3 Å². The average Bonchev–Trinajstić information content (AvgIpc) is 3.08. The number of rotatable bonds is 9. The van der Waals surface area contributed by atoms with Crippen molar-refractivity contribution in [1.82, 2.24) is 5.06 Å². The Bertz CT molecular complexity index is 907. The van der Waals surface area contributed by atoms with Crippen molar-refractivity contribution in [3.05, 3.63) is 35.9 Å². The Hall–Kier alpha value is -3.02. The number of hydroxylamine groups is 2. The molecule has 11 heteroatoms. The molecular formula is C24H31NO10. The highest BCUT2D eigenvalue weighted by molar-refractivity contribution is 5.68. The Morgan fingerprint density at radius 2 is 1.66 bits per heavy atom. The summed E-state index contributed by atoms with van der Waals surface area (Å²) in [5.74, 6) is -2.53. The molecule has 2 fully saturated rings. The van der Waals surface area contributed by atoms with E-state index in [2.05, 4.69) is 0 Å². The first kappa shape index (κ1) is 26.6. The second kappa shape index (κ2) is 12.1. The van der Waals surface area contributed by atoms with E-state index in [0.717, 1.165) is 5.56 Å². The highest BCUT2D eigenvalue weighted by Crippen LogP contribution is 2.35. The van der Waals surface area contributed by atoms with Gasteiger partial charge in [-0.1, -0.05) is 30.3 Å². The van der Waals surface area contributed by atoms with Gasteiger partial charge in [0.1, 0.15) is 24.9 Å². The van der Waals surface area contributed by atoms with E-state index in [0.29, 0.717) is 13.0 Å². The second-order valence-corrected chi connectivity index (χ2v) is 8.49. The van der Waals surface area contributed by atoms with Crippen molar-refractivity contribution in [1.29, 1.82) is 0 Å². The molecule has 2 aliphatic heterocycles. The Kier molecular flexibility index (Phi) is 9.19. The molecule has 0 N–H and O–H groups in total. The molecule has 0 amide bonds. The lowest BCUT2D eigenvalue weighted by atomic mass is 9.95. The molecular weight excluding hydrogens is 462 g/mol. The molecule has 192 valence electrons. The molecule has 35 heavy (non-hydrogen) atoms. The standard InChI is InChI=1S/C24H31NO10/c1-14(26)30-13-21(32-15(2)27)23(34-17(4)29)24-22(33-16(3)28)20-10-19(12-31-24)35-25(20)11-18-8-6-5-7-9-18/h5-9,19-24H,10-13H2,1-4H3/t19-,20+,21+,22-,23+,24+/m0/s1. The number of hydrogen-bond acceptors (Lipinski definition) is 11. The van der Waals surface area contributed by atoms with Crippen molar-refractivity contribution in [2.45, 2.75) is 77.2 Å². The van der Waals surface area contributed by atoms with Gasteiger partial charge in [-0.2, -0.15) is 5.06 Å². The largest absolute Gasteiger partial charge is 0.462 e. The SMILES string of the molecule is CC(=O)OC[C@@H](OC(C)=O)[C@@H](OC(C)=O)[C@@H]1OC[C@@H]2C[C@H]([C@@H]1OC(C)=O)N(Cc1ccccc1)O2.